The number of aliphatic carboxylic acids is 1. The number of halogens is 3. The van der Waals surface area contributed by atoms with Crippen molar-refractivity contribution in [1.82, 2.24) is 10.9 Å². The van der Waals surface area contributed by atoms with Crippen LogP contribution in [0.5, 0.6) is 0 Å². The second-order valence-electron chi connectivity index (χ2n) is 6.36. The lowest BCUT2D eigenvalue weighted by molar-refractivity contribution is -0.148. The van der Waals surface area contributed by atoms with Gasteiger partial charge in [-0.05, 0) is 42.5 Å². The number of fused-ring (bicyclic) bond motifs is 2. The van der Waals surface area contributed by atoms with Crippen LogP contribution >= 0.6 is 0 Å². The minimum atomic E-state index is -4.51. The quantitative estimate of drug-likeness (QED) is 0.562. The number of hydrogen-bond donors (Lipinski definition) is 3. The fraction of sp³-hybridized carbons (Fsp3) is 0.353. The Morgan fingerprint density at radius 1 is 0.962 bits per heavy atom. The third kappa shape index (κ3) is 3.29. The van der Waals surface area contributed by atoms with E-state index in [9.17, 15) is 32.7 Å². The highest BCUT2D eigenvalue weighted by Gasteiger charge is 2.51. The summed E-state index contributed by atoms with van der Waals surface area (Å²) in [6.07, 6.45) is -0.355. The zero-order chi connectivity index (χ0) is 19.1. The van der Waals surface area contributed by atoms with Crippen LogP contribution in [-0.2, 0) is 15.8 Å². The zero-order valence-electron chi connectivity index (χ0n) is 13.3. The van der Waals surface area contributed by atoms with Gasteiger partial charge in [0.2, 0.25) is 5.91 Å². The molecule has 3 N–H and O–H groups in total. The Morgan fingerprint density at radius 3 is 2.08 bits per heavy atom. The smallest absolute Gasteiger partial charge is 0.416 e. The first-order valence-corrected chi connectivity index (χ1v) is 7.87. The van der Waals surface area contributed by atoms with Crippen molar-refractivity contribution in [2.24, 2.45) is 23.7 Å². The predicted molar refractivity (Wildman–Crippen MR) is 82.4 cm³/mol. The molecule has 0 spiro atoms. The molecule has 1 aromatic carbocycles. The van der Waals surface area contributed by atoms with Crippen molar-refractivity contribution in [1.29, 1.82) is 0 Å². The Balaban J connectivity index is 1.62. The Kier molecular flexibility index (Phi) is 4.47. The number of amides is 2. The lowest BCUT2D eigenvalue weighted by atomic mass is 9.82. The summed E-state index contributed by atoms with van der Waals surface area (Å²) in [5.41, 5.74) is 3.33. The topological polar surface area (TPSA) is 95.5 Å². The van der Waals surface area contributed by atoms with Gasteiger partial charge in [-0.15, -0.1) is 0 Å². The molecule has 1 saturated carbocycles. The van der Waals surface area contributed by atoms with E-state index in [1.165, 1.54) is 0 Å². The van der Waals surface area contributed by atoms with Gasteiger partial charge in [-0.25, -0.2) is 0 Å². The molecule has 26 heavy (non-hydrogen) atoms. The lowest BCUT2D eigenvalue weighted by Gasteiger charge is -2.23. The number of rotatable bonds is 3. The number of alkyl halides is 3. The van der Waals surface area contributed by atoms with Crippen molar-refractivity contribution in [3.8, 4) is 0 Å². The normalized spacial score (nSPS) is 26.6. The van der Waals surface area contributed by atoms with E-state index in [2.05, 4.69) is 10.9 Å². The number of benzene rings is 1. The largest absolute Gasteiger partial charge is 0.481 e. The summed E-state index contributed by atoms with van der Waals surface area (Å²) in [5, 5.41) is 9.31. The van der Waals surface area contributed by atoms with Crippen LogP contribution in [0.4, 0.5) is 13.2 Å². The highest BCUT2D eigenvalue weighted by molar-refractivity contribution is 5.96. The van der Waals surface area contributed by atoms with Crippen LogP contribution in [0.2, 0.25) is 0 Å². The number of hydrogen-bond acceptors (Lipinski definition) is 3. The second kappa shape index (κ2) is 6.47. The van der Waals surface area contributed by atoms with Gasteiger partial charge in [0.05, 0.1) is 17.4 Å². The Labute approximate surface area is 146 Å². The number of hydrazine groups is 1. The third-order valence-electron chi connectivity index (χ3n) is 4.82. The molecule has 4 atom stereocenters. The van der Waals surface area contributed by atoms with Gasteiger partial charge in [0.15, 0.2) is 0 Å². The molecule has 0 heterocycles. The Hall–Kier alpha value is -2.84. The SMILES string of the molecule is O=C(NNC(=O)[C@H]1[C@@H](C(=O)O)[C@H]2C=C[C@@H]1C2)c1ccc(C(F)(F)F)cc1. The molecule has 9 heteroatoms. The van der Waals surface area contributed by atoms with Crippen LogP contribution in [0.1, 0.15) is 22.3 Å². The summed E-state index contributed by atoms with van der Waals surface area (Å²) in [4.78, 5) is 35.6. The number of carbonyl (C=O) groups excluding carboxylic acids is 2. The molecule has 2 aliphatic rings. The molecule has 0 aliphatic heterocycles. The summed E-state index contributed by atoms with van der Waals surface area (Å²) in [5.74, 6) is -4.56. The molecule has 0 aromatic heterocycles. The van der Waals surface area contributed by atoms with Gasteiger partial charge >= 0.3 is 12.1 Å². The van der Waals surface area contributed by atoms with E-state index in [0.29, 0.717) is 6.42 Å². The number of carboxylic acid groups (broad SMARTS) is 1. The minimum Gasteiger partial charge on any atom is -0.481 e. The van der Waals surface area contributed by atoms with E-state index in [-0.39, 0.29) is 17.4 Å². The van der Waals surface area contributed by atoms with Gasteiger partial charge in [-0.3, -0.25) is 25.2 Å². The van der Waals surface area contributed by atoms with Crippen molar-refractivity contribution in [2.75, 3.05) is 0 Å². The summed E-state index contributed by atoms with van der Waals surface area (Å²) in [7, 11) is 0. The van der Waals surface area contributed by atoms with E-state index < -0.39 is 41.4 Å². The molecule has 2 amide bonds. The van der Waals surface area contributed by atoms with Crippen LogP contribution < -0.4 is 10.9 Å². The van der Waals surface area contributed by atoms with Crippen molar-refractivity contribution in [3.05, 3.63) is 47.5 Å². The second-order valence-corrected chi connectivity index (χ2v) is 6.36. The molecule has 1 aromatic rings. The summed E-state index contributed by atoms with van der Waals surface area (Å²) in [6, 6.07) is 3.51. The van der Waals surface area contributed by atoms with Crippen LogP contribution in [0.3, 0.4) is 0 Å². The molecule has 0 radical (unpaired) electrons. The van der Waals surface area contributed by atoms with E-state index in [1.54, 1.807) is 12.2 Å². The van der Waals surface area contributed by atoms with Crippen LogP contribution in [0, 0.1) is 23.7 Å². The van der Waals surface area contributed by atoms with E-state index in [1.807, 2.05) is 0 Å². The zero-order valence-corrected chi connectivity index (χ0v) is 13.3. The highest BCUT2D eigenvalue weighted by Crippen LogP contribution is 2.48. The van der Waals surface area contributed by atoms with Gasteiger partial charge < -0.3 is 5.11 Å². The molecular weight excluding hydrogens is 353 g/mol. The summed E-state index contributed by atoms with van der Waals surface area (Å²) < 4.78 is 37.5. The summed E-state index contributed by atoms with van der Waals surface area (Å²) in [6.45, 7) is 0. The van der Waals surface area contributed by atoms with Crippen molar-refractivity contribution in [3.63, 3.8) is 0 Å². The average Bonchev–Trinajstić information content (AvgIpc) is 3.19. The first kappa shape index (κ1) is 18.0. The maximum absolute atomic E-state index is 12.5. The van der Waals surface area contributed by atoms with Crippen LogP contribution in [0.25, 0.3) is 0 Å². The number of carbonyl (C=O) groups is 3. The fourth-order valence-corrected chi connectivity index (χ4v) is 3.60. The maximum atomic E-state index is 12.5. The summed E-state index contributed by atoms with van der Waals surface area (Å²) >= 11 is 0. The standard InChI is InChI=1S/C17H15F3N2O4/c18-17(19,20)11-5-3-8(4-6-11)14(23)21-22-15(24)12-9-1-2-10(7-9)13(12)16(25)26/h1-6,9-10,12-13H,7H2,(H,21,23)(H,22,24)(H,25,26)/t9-,10+,12-,13+/m1/s1. The molecule has 138 valence electrons. The van der Waals surface area contributed by atoms with Crippen molar-refractivity contribution >= 4 is 17.8 Å². The van der Waals surface area contributed by atoms with E-state index in [4.69, 9.17) is 0 Å². The van der Waals surface area contributed by atoms with Crippen LogP contribution in [-0.4, -0.2) is 22.9 Å². The number of allylic oxidation sites excluding steroid dienone is 2. The molecule has 1 fully saturated rings. The van der Waals surface area contributed by atoms with Gasteiger partial charge in [0, 0.05) is 5.56 Å². The van der Waals surface area contributed by atoms with Gasteiger partial charge in [0.25, 0.3) is 5.91 Å². The lowest BCUT2D eigenvalue weighted by Crippen LogP contribution is -2.48. The monoisotopic (exact) mass is 368 g/mol. The predicted octanol–water partition coefficient (Wildman–Crippen LogP) is 1.99. The number of carboxylic acids is 1. The van der Waals surface area contributed by atoms with Gasteiger partial charge in [-0.2, -0.15) is 13.2 Å². The fourth-order valence-electron chi connectivity index (χ4n) is 3.60. The average molecular weight is 368 g/mol. The minimum absolute atomic E-state index is 0.0686. The Bertz CT molecular complexity index is 773. The van der Waals surface area contributed by atoms with Crippen molar-refractivity contribution < 1.29 is 32.7 Å². The third-order valence-corrected chi connectivity index (χ3v) is 4.82. The Morgan fingerprint density at radius 2 is 1.54 bits per heavy atom. The highest BCUT2D eigenvalue weighted by atomic mass is 19.4. The van der Waals surface area contributed by atoms with Gasteiger partial charge in [0.1, 0.15) is 0 Å². The van der Waals surface area contributed by atoms with Crippen LogP contribution in [0.15, 0.2) is 36.4 Å². The molecule has 0 unspecified atom stereocenters. The first-order chi connectivity index (χ1) is 12.2. The maximum Gasteiger partial charge on any atom is 0.416 e. The van der Waals surface area contributed by atoms with Crippen molar-refractivity contribution in [2.45, 2.75) is 12.6 Å². The first-order valence-electron chi connectivity index (χ1n) is 7.87. The molecule has 2 aliphatic carbocycles. The molecular formula is C17H15F3N2O4. The molecule has 3 rings (SSSR count). The van der Waals surface area contributed by atoms with Gasteiger partial charge in [-0.1, -0.05) is 12.2 Å². The molecule has 6 nitrogen and oxygen atoms in total. The van der Waals surface area contributed by atoms with E-state index >= 15 is 0 Å². The number of nitrogens with one attached hydrogen (secondary N) is 2. The van der Waals surface area contributed by atoms with E-state index in [0.717, 1.165) is 24.3 Å². The molecule has 0 saturated heterocycles. The molecule has 2 bridgehead atoms.